The number of hydrogen-bond acceptors (Lipinski definition) is 5. The van der Waals surface area contributed by atoms with Crippen molar-refractivity contribution in [1.29, 1.82) is 5.26 Å². The van der Waals surface area contributed by atoms with Gasteiger partial charge in [-0.2, -0.15) is 5.26 Å². The van der Waals surface area contributed by atoms with E-state index in [9.17, 15) is 10.1 Å². The van der Waals surface area contributed by atoms with Gasteiger partial charge in [-0.15, -0.1) is 0 Å². The van der Waals surface area contributed by atoms with Gasteiger partial charge in [-0.25, -0.2) is 4.98 Å². The van der Waals surface area contributed by atoms with E-state index in [4.69, 9.17) is 4.74 Å². The molecule has 1 aromatic heterocycles. The van der Waals surface area contributed by atoms with Gasteiger partial charge in [-0.05, 0) is 38.0 Å². The lowest BCUT2D eigenvalue weighted by Crippen LogP contribution is -2.14. The molecule has 0 fully saturated rings. The monoisotopic (exact) mass is 326 g/mol. The molecule has 0 radical (unpaired) electrons. The molecule has 1 unspecified atom stereocenters. The summed E-state index contributed by atoms with van der Waals surface area (Å²) in [7, 11) is 0. The Kier molecular flexibility index (Phi) is 5.78. The Morgan fingerprint density at radius 3 is 2.65 bits per heavy atom. The molecule has 0 aliphatic heterocycles. The second-order valence-corrected chi connectivity index (χ2v) is 6.13. The Bertz CT molecular complexity index is 739. The van der Waals surface area contributed by atoms with Crippen molar-refractivity contribution < 1.29 is 9.53 Å². The van der Waals surface area contributed by atoms with Crippen molar-refractivity contribution in [2.45, 2.75) is 31.0 Å². The molecule has 0 aliphatic carbocycles. The minimum Gasteiger partial charge on any atom is -0.465 e. The minimum absolute atomic E-state index is 0.314. The molecule has 0 saturated carbocycles. The number of pyridine rings is 1. The molecule has 23 heavy (non-hydrogen) atoms. The third-order valence-electron chi connectivity index (χ3n) is 3.26. The number of rotatable bonds is 5. The fourth-order valence-corrected chi connectivity index (χ4v) is 3.44. The fraction of sp³-hybridized carbons (Fsp3) is 0.278. The molecule has 0 bridgehead atoms. The molecular formula is C18H18N2O2S. The van der Waals surface area contributed by atoms with Gasteiger partial charge < -0.3 is 4.74 Å². The Labute approximate surface area is 140 Å². The predicted octanol–water partition coefficient (Wildman–Crippen LogP) is 3.97. The summed E-state index contributed by atoms with van der Waals surface area (Å²) in [5.74, 6) is -0.325. The van der Waals surface area contributed by atoms with Gasteiger partial charge in [0.15, 0.2) is 0 Å². The molecule has 1 aromatic carbocycles. The number of nitrogens with zero attached hydrogens (tertiary/aromatic N) is 2. The van der Waals surface area contributed by atoms with Crippen molar-refractivity contribution in [3.8, 4) is 6.07 Å². The molecule has 0 N–H and O–H groups in total. The van der Waals surface area contributed by atoms with E-state index in [0.29, 0.717) is 17.2 Å². The number of aryl methyl sites for hydroxylation is 2. The van der Waals surface area contributed by atoms with E-state index in [1.54, 1.807) is 6.92 Å². The topological polar surface area (TPSA) is 63.0 Å². The first-order valence-electron chi connectivity index (χ1n) is 7.33. The van der Waals surface area contributed by atoms with Crippen molar-refractivity contribution >= 4 is 17.7 Å². The van der Waals surface area contributed by atoms with Gasteiger partial charge in [-0.3, -0.25) is 4.79 Å². The average molecular weight is 326 g/mol. The number of nitriles is 1. The van der Waals surface area contributed by atoms with Gasteiger partial charge in [-0.1, -0.05) is 42.1 Å². The van der Waals surface area contributed by atoms with Crippen LogP contribution < -0.4 is 0 Å². The molecule has 1 atom stereocenters. The Morgan fingerprint density at radius 2 is 2.04 bits per heavy atom. The van der Waals surface area contributed by atoms with Crippen LogP contribution in [0.15, 0.2) is 41.4 Å². The van der Waals surface area contributed by atoms with E-state index in [-0.39, 0.29) is 5.97 Å². The van der Waals surface area contributed by atoms with Gasteiger partial charge in [0.1, 0.15) is 16.3 Å². The highest BCUT2D eigenvalue weighted by atomic mass is 32.2. The number of benzene rings is 1. The summed E-state index contributed by atoms with van der Waals surface area (Å²) in [5, 5.41) is 9.41. The smallest absolute Gasteiger partial charge is 0.324 e. The van der Waals surface area contributed by atoms with E-state index < -0.39 is 5.25 Å². The molecule has 2 aromatic rings. The highest BCUT2D eigenvalue weighted by Gasteiger charge is 2.25. The largest absolute Gasteiger partial charge is 0.465 e. The molecule has 2 rings (SSSR count). The third-order valence-corrected chi connectivity index (χ3v) is 4.47. The number of hydrogen-bond donors (Lipinski definition) is 0. The molecule has 118 valence electrons. The summed E-state index contributed by atoms with van der Waals surface area (Å²) in [4.78, 5) is 16.8. The highest BCUT2D eigenvalue weighted by molar-refractivity contribution is 8.00. The Hall–Kier alpha value is -2.32. The van der Waals surface area contributed by atoms with E-state index in [1.807, 2.05) is 50.2 Å². The summed E-state index contributed by atoms with van der Waals surface area (Å²) < 4.78 is 5.19. The number of ether oxygens (including phenoxy) is 1. The van der Waals surface area contributed by atoms with Crippen molar-refractivity contribution in [2.75, 3.05) is 6.61 Å². The number of carbonyl (C=O) groups excluding carboxylic acids is 1. The van der Waals surface area contributed by atoms with E-state index in [2.05, 4.69) is 11.1 Å². The van der Waals surface area contributed by atoms with E-state index in [1.165, 1.54) is 11.8 Å². The first kappa shape index (κ1) is 17.0. The Balaban J connectivity index is 2.43. The number of esters is 1. The maximum Gasteiger partial charge on any atom is 0.324 e. The zero-order chi connectivity index (χ0) is 16.8. The average Bonchev–Trinajstić information content (AvgIpc) is 2.53. The van der Waals surface area contributed by atoms with Crippen molar-refractivity contribution in [1.82, 2.24) is 4.98 Å². The molecule has 0 amide bonds. The van der Waals surface area contributed by atoms with E-state index in [0.717, 1.165) is 16.8 Å². The molecule has 0 aliphatic rings. The van der Waals surface area contributed by atoms with Crippen LogP contribution in [-0.4, -0.2) is 17.6 Å². The second-order valence-electron chi connectivity index (χ2n) is 5.03. The quantitative estimate of drug-likeness (QED) is 0.614. The lowest BCUT2D eigenvalue weighted by molar-refractivity contribution is -0.142. The lowest BCUT2D eigenvalue weighted by Gasteiger charge is -2.16. The van der Waals surface area contributed by atoms with Gasteiger partial charge in [0.2, 0.25) is 0 Å². The summed E-state index contributed by atoms with van der Waals surface area (Å²) in [6.07, 6.45) is 0. The summed E-state index contributed by atoms with van der Waals surface area (Å²) in [5.41, 5.74) is 3.02. The van der Waals surface area contributed by atoms with Crippen LogP contribution in [-0.2, 0) is 9.53 Å². The SMILES string of the molecule is CCOC(=O)C(Sc1nc(C)cc(C)c1C#N)c1ccccc1. The molecular weight excluding hydrogens is 308 g/mol. The second kappa shape index (κ2) is 7.80. The van der Waals surface area contributed by atoms with Crippen LogP contribution in [0.4, 0.5) is 0 Å². The van der Waals surface area contributed by atoms with Gasteiger partial charge in [0, 0.05) is 5.69 Å². The predicted molar refractivity (Wildman–Crippen MR) is 90.1 cm³/mol. The van der Waals surface area contributed by atoms with Gasteiger partial charge in [0.05, 0.1) is 12.2 Å². The van der Waals surface area contributed by atoms with Crippen LogP contribution >= 0.6 is 11.8 Å². The molecule has 4 nitrogen and oxygen atoms in total. The Morgan fingerprint density at radius 1 is 1.35 bits per heavy atom. The number of carbonyl (C=O) groups is 1. The summed E-state index contributed by atoms with van der Waals surface area (Å²) in [6.45, 7) is 5.84. The van der Waals surface area contributed by atoms with Crippen molar-refractivity contribution in [2.24, 2.45) is 0 Å². The summed E-state index contributed by atoms with van der Waals surface area (Å²) in [6, 6.07) is 13.5. The summed E-state index contributed by atoms with van der Waals surface area (Å²) >= 11 is 1.26. The highest BCUT2D eigenvalue weighted by Crippen LogP contribution is 2.37. The molecule has 0 spiro atoms. The van der Waals surface area contributed by atoms with Gasteiger partial charge in [0.25, 0.3) is 0 Å². The minimum atomic E-state index is -0.544. The molecule has 5 heteroatoms. The fourth-order valence-electron chi connectivity index (χ4n) is 2.23. The maximum absolute atomic E-state index is 12.4. The van der Waals surface area contributed by atoms with Crippen LogP contribution in [0.25, 0.3) is 0 Å². The normalized spacial score (nSPS) is 11.6. The molecule has 0 saturated heterocycles. The first-order chi connectivity index (χ1) is 11.1. The van der Waals surface area contributed by atoms with E-state index >= 15 is 0 Å². The zero-order valence-electron chi connectivity index (χ0n) is 13.4. The third kappa shape index (κ3) is 4.11. The zero-order valence-corrected chi connectivity index (χ0v) is 14.2. The van der Waals surface area contributed by atoms with Gasteiger partial charge >= 0.3 is 5.97 Å². The standard InChI is InChI=1S/C18H18N2O2S/c1-4-22-18(21)16(14-8-6-5-7-9-14)23-17-15(11-19)12(2)10-13(3)20-17/h5-10,16H,4H2,1-3H3. The van der Waals surface area contributed by atoms with Crippen LogP contribution in [0.3, 0.4) is 0 Å². The van der Waals surface area contributed by atoms with Crippen molar-refractivity contribution in [3.63, 3.8) is 0 Å². The number of aromatic nitrogens is 1. The number of thioether (sulfide) groups is 1. The van der Waals surface area contributed by atoms with Crippen molar-refractivity contribution in [3.05, 3.63) is 58.8 Å². The van der Waals surface area contributed by atoms with Crippen LogP contribution in [0.2, 0.25) is 0 Å². The van der Waals surface area contributed by atoms with Crippen LogP contribution in [0.1, 0.15) is 34.6 Å². The van der Waals surface area contributed by atoms with Crippen LogP contribution in [0, 0.1) is 25.2 Å². The first-order valence-corrected chi connectivity index (χ1v) is 8.21. The maximum atomic E-state index is 12.4. The molecule has 1 heterocycles. The lowest BCUT2D eigenvalue weighted by atomic mass is 10.1. The van der Waals surface area contributed by atoms with Crippen LogP contribution in [0.5, 0.6) is 0 Å².